The molecule has 3 heterocycles. The van der Waals surface area contributed by atoms with E-state index in [2.05, 4.69) is 26.5 Å². The highest BCUT2D eigenvalue weighted by atomic mass is 32.1. The number of nitrogens with one attached hydrogen (secondary N) is 1. The quantitative estimate of drug-likeness (QED) is 0.428. The van der Waals surface area contributed by atoms with Gasteiger partial charge in [-0.3, -0.25) is 14.4 Å². The summed E-state index contributed by atoms with van der Waals surface area (Å²) < 4.78 is 1.98. The fraction of sp³-hybridized carbons (Fsp3) is 0.111. The van der Waals surface area contributed by atoms with Crippen molar-refractivity contribution in [2.24, 2.45) is 5.16 Å². The van der Waals surface area contributed by atoms with Crippen LogP contribution in [0.4, 0.5) is 11.5 Å². The number of hydrogen-bond donors (Lipinski definition) is 2. The van der Waals surface area contributed by atoms with E-state index in [1.165, 1.54) is 5.56 Å². The van der Waals surface area contributed by atoms with Crippen molar-refractivity contribution in [1.82, 2.24) is 19.4 Å². The Kier molecular flexibility index (Phi) is 3.42. The predicted molar refractivity (Wildman–Crippen MR) is 100 cm³/mol. The van der Waals surface area contributed by atoms with Crippen LogP contribution in [0, 0.1) is 0 Å². The van der Waals surface area contributed by atoms with E-state index in [1.54, 1.807) is 29.2 Å². The second-order valence-electron chi connectivity index (χ2n) is 6.02. The highest BCUT2D eigenvalue weighted by molar-refractivity contribution is 7.13. The van der Waals surface area contributed by atoms with Gasteiger partial charge in [-0.05, 0) is 30.5 Å². The Labute approximate surface area is 152 Å². The first-order chi connectivity index (χ1) is 12.8. The molecule has 0 unspecified atom stereocenters. The molecule has 8 heteroatoms. The molecule has 0 fully saturated rings. The highest BCUT2D eigenvalue weighted by Crippen LogP contribution is 2.34. The molecule has 0 atom stereocenters. The summed E-state index contributed by atoms with van der Waals surface area (Å²) in [6.45, 7) is 0. The number of imidazole rings is 1. The van der Waals surface area contributed by atoms with Crippen molar-refractivity contribution in [3.8, 4) is 10.6 Å². The minimum atomic E-state index is 0.748. The summed E-state index contributed by atoms with van der Waals surface area (Å²) in [6, 6.07) is 6.09. The molecule has 26 heavy (non-hydrogen) atoms. The molecule has 0 radical (unpaired) electrons. The van der Waals surface area contributed by atoms with Crippen LogP contribution in [-0.4, -0.2) is 30.3 Å². The number of benzene rings is 1. The SMILES string of the molecule is O/N=C1\CCc2cc(Nc3c(-c4cncs4)nc4cnccn34)ccc21. The summed E-state index contributed by atoms with van der Waals surface area (Å²) in [5, 5.41) is 16.0. The zero-order chi connectivity index (χ0) is 17.5. The molecular weight excluding hydrogens is 348 g/mol. The molecule has 0 spiro atoms. The van der Waals surface area contributed by atoms with E-state index in [-0.39, 0.29) is 0 Å². The topological polar surface area (TPSA) is 87.7 Å². The molecular formula is C18H14N6OS. The second-order valence-corrected chi connectivity index (χ2v) is 6.91. The van der Waals surface area contributed by atoms with Crippen molar-refractivity contribution < 1.29 is 5.21 Å². The van der Waals surface area contributed by atoms with E-state index in [0.717, 1.165) is 51.8 Å². The summed E-state index contributed by atoms with van der Waals surface area (Å²) in [7, 11) is 0. The number of aromatic nitrogens is 4. The van der Waals surface area contributed by atoms with E-state index in [0.29, 0.717) is 0 Å². The molecule has 4 aromatic rings. The molecule has 5 rings (SSSR count). The van der Waals surface area contributed by atoms with Gasteiger partial charge in [0.05, 0.1) is 22.3 Å². The van der Waals surface area contributed by atoms with Crippen LogP contribution in [0.25, 0.3) is 16.2 Å². The zero-order valence-corrected chi connectivity index (χ0v) is 14.4. The number of nitrogens with zero attached hydrogens (tertiary/aromatic N) is 5. The normalized spacial score (nSPS) is 14.8. The Morgan fingerprint density at radius 2 is 2.15 bits per heavy atom. The van der Waals surface area contributed by atoms with Crippen molar-refractivity contribution in [3.05, 3.63) is 59.6 Å². The maximum absolute atomic E-state index is 9.10. The molecule has 0 bridgehead atoms. The van der Waals surface area contributed by atoms with Crippen LogP contribution in [0.1, 0.15) is 17.5 Å². The molecule has 3 aromatic heterocycles. The Balaban J connectivity index is 1.61. The molecule has 0 saturated carbocycles. The minimum absolute atomic E-state index is 0.748. The van der Waals surface area contributed by atoms with Crippen molar-refractivity contribution >= 4 is 34.2 Å². The predicted octanol–water partition coefficient (Wildman–Crippen LogP) is 3.72. The Morgan fingerprint density at radius 3 is 3.00 bits per heavy atom. The average molecular weight is 362 g/mol. The van der Waals surface area contributed by atoms with E-state index in [9.17, 15) is 0 Å². The summed E-state index contributed by atoms with van der Waals surface area (Å²) >= 11 is 1.55. The first kappa shape index (κ1) is 15.0. The molecule has 1 aliphatic rings. The molecule has 2 N–H and O–H groups in total. The van der Waals surface area contributed by atoms with Crippen LogP contribution in [-0.2, 0) is 6.42 Å². The van der Waals surface area contributed by atoms with Gasteiger partial charge in [-0.25, -0.2) is 4.98 Å². The fourth-order valence-electron chi connectivity index (χ4n) is 3.32. The first-order valence-electron chi connectivity index (χ1n) is 8.15. The first-order valence-corrected chi connectivity index (χ1v) is 9.03. The Bertz CT molecular complexity index is 1130. The number of thiazole rings is 1. The average Bonchev–Trinajstić information content (AvgIpc) is 3.40. The van der Waals surface area contributed by atoms with Gasteiger partial charge in [0.2, 0.25) is 0 Å². The molecule has 1 aliphatic carbocycles. The standard InChI is InChI=1S/C18H14N6OS/c25-23-14-4-1-11-7-12(2-3-13(11)14)21-18-17(15-8-20-10-26-15)22-16-9-19-5-6-24(16)18/h2-3,5-10,21,25H,1,4H2/b23-14+. The Hall–Kier alpha value is -3.26. The summed E-state index contributed by atoms with van der Waals surface area (Å²) in [5.41, 5.74) is 7.32. The van der Waals surface area contributed by atoms with Gasteiger partial charge < -0.3 is 10.5 Å². The van der Waals surface area contributed by atoms with Crippen molar-refractivity contribution in [1.29, 1.82) is 0 Å². The highest BCUT2D eigenvalue weighted by Gasteiger charge is 2.20. The number of anilines is 2. The minimum Gasteiger partial charge on any atom is -0.411 e. The van der Waals surface area contributed by atoms with E-state index >= 15 is 0 Å². The van der Waals surface area contributed by atoms with Gasteiger partial charge in [0, 0.05) is 29.8 Å². The maximum atomic E-state index is 9.10. The smallest absolute Gasteiger partial charge is 0.157 e. The van der Waals surface area contributed by atoms with E-state index in [1.807, 2.05) is 28.9 Å². The monoisotopic (exact) mass is 362 g/mol. The van der Waals surface area contributed by atoms with Crippen LogP contribution >= 0.6 is 11.3 Å². The summed E-state index contributed by atoms with van der Waals surface area (Å²) in [4.78, 5) is 14.0. The third-order valence-corrected chi connectivity index (χ3v) is 5.31. The van der Waals surface area contributed by atoms with Gasteiger partial charge >= 0.3 is 0 Å². The lowest BCUT2D eigenvalue weighted by atomic mass is 10.1. The largest absolute Gasteiger partial charge is 0.411 e. The maximum Gasteiger partial charge on any atom is 0.157 e. The molecule has 0 amide bonds. The third-order valence-electron chi connectivity index (χ3n) is 4.53. The summed E-state index contributed by atoms with van der Waals surface area (Å²) in [6.07, 6.45) is 8.83. The molecule has 128 valence electrons. The van der Waals surface area contributed by atoms with Gasteiger partial charge in [-0.1, -0.05) is 11.2 Å². The second kappa shape index (κ2) is 5.92. The number of hydrogen-bond acceptors (Lipinski definition) is 7. The van der Waals surface area contributed by atoms with Gasteiger partial charge in [-0.15, -0.1) is 11.3 Å². The summed E-state index contributed by atoms with van der Waals surface area (Å²) in [5.74, 6) is 0.876. The van der Waals surface area contributed by atoms with Gasteiger partial charge in [0.1, 0.15) is 11.5 Å². The van der Waals surface area contributed by atoms with Crippen LogP contribution in [0.5, 0.6) is 0 Å². The van der Waals surface area contributed by atoms with E-state index < -0.39 is 0 Å². The molecule has 1 aromatic carbocycles. The fourth-order valence-corrected chi connectivity index (χ4v) is 3.93. The van der Waals surface area contributed by atoms with Crippen LogP contribution < -0.4 is 5.32 Å². The van der Waals surface area contributed by atoms with Gasteiger partial charge in [0.15, 0.2) is 5.65 Å². The molecule has 0 aliphatic heterocycles. The lowest BCUT2D eigenvalue weighted by molar-refractivity contribution is 0.318. The lowest BCUT2D eigenvalue weighted by Gasteiger charge is -2.10. The number of aryl methyl sites for hydroxylation is 1. The van der Waals surface area contributed by atoms with Crippen molar-refractivity contribution in [3.63, 3.8) is 0 Å². The number of rotatable bonds is 3. The molecule has 0 saturated heterocycles. The van der Waals surface area contributed by atoms with Crippen molar-refractivity contribution in [2.45, 2.75) is 12.8 Å². The number of fused-ring (bicyclic) bond motifs is 2. The van der Waals surface area contributed by atoms with Crippen molar-refractivity contribution in [2.75, 3.05) is 5.32 Å². The van der Waals surface area contributed by atoms with Crippen LogP contribution in [0.2, 0.25) is 0 Å². The third kappa shape index (κ3) is 2.34. The van der Waals surface area contributed by atoms with Crippen LogP contribution in [0.15, 0.2) is 53.7 Å². The van der Waals surface area contributed by atoms with E-state index in [4.69, 9.17) is 10.2 Å². The lowest BCUT2D eigenvalue weighted by Crippen LogP contribution is -1.99. The zero-order valence-electron chi connectivity index (χ0n) is 13.6. The van der Waals surface area contributed by atoms with Gasteiger partial charge in [0.25, 0.3) is 0 Å². The van der Waals surface area contributed by atoms with Crippen LogP contribution in [0.3, 0.4) is 0 Å². The number of oxime groups is 1. The molecule has 7 nitrogen and oxygen atoms in total. The van der Waals surface area contributed by atoms with Gasteiger partial charge in [-0.2, -0.15) is 0 Å². The Morgan fingerprint density at radius 1 is 1.19 bits per heavy atom.